The van der Waals surface area contributed by atoms with Crippen LogP contribution in [0.15, 0.2) is 24.3 Å². The maximum Gasteiger partial charge on any atom is 0.230 e. The predicted molar refractivity (Wildman–Crippen MR) is 110 cm³/mol. The van der Waals surface area contributed by atoms with Gasteiger partial charge in [0.15, 0.2) is 5.82 Å². The molecule has 1 saturated heterocycles. The summed E-state index contributed by atoms with van der Waals surface area (Å²) in [5, 5.41) is 15.4. The molecule has 144 valence electrons. The molecule has 27 heavy (non-hydrogen) atoms. The summed E-state index contributed by atoms with van der Waals surface area (Å²) >= 11 is 1.57. The van der Waals surface area contributed by atoms with Crippen LogP contribution in [0.25, 0.3) is 4.96 Å². The minimum atomic E-state index is 0.0530. The summed E-state index contributed by atoms with van der Waals surface area (Å²) in [6.45, 7) is 8.63. The van der Waals surface area contributed by atoms with Gasteiger partial charge in [0.1, 0.15) is 0 Å². The molecule has 2 atom stereocenters. The van der Waals surface area contributed by atoms with Gasteiger partial charge >= 0.3 is 0 Å². The molecule has 3 aromatic rings. The fourth-order valence-corrected chi connectivity index (χ4v) is 5.18. The zero-order valence-corrected chi connectivity index (χ0v) is 17.2. The highest BCUT2D eigenvalue weighted by atomic mass is 32.1. The number of aromatic hydroxyl groups is 1. The number of hydrogen-bond acceptors (Lipinski definition) is 5. The van der Waals surface area contributed by atoms with Crippen molar-refractivity contribution >= 4 is 16.3 Å². The van der Waals surface area contributed by atoms with Crippen LogP contribution in [0.3, 0.4) is 0 Å². The fourth-order valence-electron chi connectivity index (χ4n) is 4.04. The van der Waals surface area contributed by atoms with Crippen molar-refractivity contribution in [3.63, 3.8) is 0 Å². The van der Waals surface area contributed by atoms with Gasteiger partial charge in [0, 0.05) is 13.0 Å². The van der Waals surface area contributed by atoms with Crippen LogP contribution in [-0.4, -0.2) is 37.7 Å². The number of hydrogen-bond donors (Lipinski definition) is 1. The lowest BCUT2D eigenvalue weighted by molar-refractivity contribution is 0.149. The smallest absolute Gasteiger partial charge is 0.230 e. The molecule has 3 heterocycles. The molecule has 6 heteroatoms. The second kappa shape index (κ2) is 7.60. The van der Waals surface area contributed by atoms with Crippen LogP contribution in [0.1, 0.15) is 61.5 Å². The van der Waals surface area contributed by atoms with E-state index in [2.05, 4.69) is 53.1 Å². The lowest BCUT2D eigenvalue weighted by Crippen LogP contribution is -2.37. The molecule has 1 aliphatic heterocycles. The Morgan fingerprint density at radius 2 is 2.00 bits per heavy atom. The van der Waals surface area contributed by atoms with E-state index in [1.165, 1.54) is 24.0 Å². The number of likely N-dealkylation sites (tertiary alicyclic amines) is 1. The van der Waals surface area contributed by atoms with Gasteiger partial charge in [-0.2, -0.15) is 4.52 Å². The zero-order valence-electron chi connectivity index (χ0n) is 16.4. The molecule has 0 unspecified atom stereocenters. The van der Waals surface area contributed by atoms with E-state index in [0.29, 0.717) is 5.92 Å². The SMILES string of the molecule is CCc1ccc([C@H](c2sc3nc(CC)nn3c2O)N2CCC[C@@H](C)C2)cc1. The van der Waals surface area contributed by atoms with E-state index < -0.39 is 0 Å². The Kier molecular flexibility index (Phi) is 5.19. The summed E-state index contributed by atoms with van der Waals surface area (Å²) in [4.78, 5) is 8.81. The quantitative estimate of drug-likeness (QED) is 0.706. The third kappa shape index (κ3) is 3.48. The minimum absolute atomic E-state index is 0.0530. The Morgan fingerprint density at radius 1 is 1.22 bits per heavy atom. The van der Waals surface area contributed by atoms with E-state index in [9.17, 15) is 5.11 Å². The zero-order chi connectivity index (χ0) is 19.0. The van der Waals surface area contributed by atoms with Crippen molar-refractivity contribution in [1.82, 2.24) is 19.5 Å². The molecule has 1 fully saturated rings. The number of aryl methyl sites for hydroxylation is 2. The summed E-state index contributed by atoms with van der Waals surface area (Å²) in [6, 6.07) is 8.90. The van der Waals surface area contributed by atoms with Crippen LogP contribution in [0, 0.1) is 5.92 Å². The number of nitrogens with zero attached hydrogens (tertiary/aromatic N) is 4. The van der Waals surface area contributed by atoms with E-state index in [-0.39, 0.29) is 11.9 Å². The van der Waals surface area contributed by atoms with Gasteiger partial charge in [-0.15, -0.1) is 5.10 Å². The number of rotatable bonds is 5. The molecule has 1 N–H and O–H groups in total. The molecular formula is C21H28N4OS. The molecule has 5 nitrogen and oxygen atoms in total. The first-order valence-electron chi connectivity index (χ1n) is 10.0. The molecule has 2 aromatic heterocycles. The Morgan fingerprint density at radius 3 is 2.63 bits per heavy atom. The molecular weight excluding hydrogens is 356 g/mol. The van der Waals surface area contributed by atoms with E-state index in [0.717, 1.165) is 41.6 Å². The van der Waals surface area contributed by atoms with Crippen molar-refractivity contribution in [2.24, 2.45) is 5.92 Å². The molecule has 1 aliphatic rings. The van der Waals surface area contributed by atoms with Crippen LogP contribution in [0.2, 0.25) is 0 Å². The molecule has 0 spiro atoms. The summed E-state index contributed by atoms with van der Waals surface area (Å²) in [5.41, 5.74) is 2.57. The van der Waals surface area contributed by atoms with E-state index in [4.69, 9.17) is 0 Å². The van der Waals surface area contributed by atoms with Gasteiger partial charge in [-0.3, -0.25) is 4.90 Å². The molecule has 4 rings (SSSR count). The number of fused-ring (bicyclic) bond motifs is 1. The highest BCUT2D eigenvalue weighted by molar-refractivity contribution is 7.17. The van der Waals surface area contributed by atoms with E-state index in [1.54, 1.807) is 15.9 Å². The van der Waals surface area contributed by atoms with Crippen LogP contribution in [-0.2, 0) is 12.8 Å². The van der Waals surface area contributed by atoms with E-state index in [1.807, 2.05) is 6.92 Å². The molecule has 0 saturated carbocycles. The third-order valence-electron chi connectivity index (χ3n) is 5.57. The first-order chi connectivity index (χ1) is 13.1. The average molecular weight is 385 g/mol. The van der Waals surface area contributed by atoms with Gasteiger partial charge in [0.2, 0.25) is 10.8 Å². The van der Waals surface area contributed by atoms with Crippen molar-refractivity contribution in [3.05, 3.63) is 46.1 Å². The lowest BCUT2D eigenvalue weighted by Gasteiger charge is -2.37. The number of benzene rings is 1. The molecule has 0 amide bonds. The summed E-state index contributed by atoms with van der Waals surface area (Å²) < 4.78 is 1.61. The highest BCUT2D eigenvalue weighted by Crippen LogP contribution is 2.41. The largest absolute Gasteiger partial charge is 0.492 e. The third-order valence-corrected chi connectivity index (χ3v) is 6.64. The van der Waals surface area contributed by atoms with Gasteiger partial charge in [-0.1, -0.05) is 56.4 Å². The second-order valence-electron chi connectivity index (χ2n) is 7.61. The van der Waals surface area contributed by atoms with Crippen LogP contribution >= 0.6 is 11.3 Å². The van der Waals surface area contributed by atoms with Gasteiger partial charge in [0.05, 0.1) is 10.9 Å². The molecule has 0 bridgehead atoms. The van der Waals surface area contributed by atoms with Crippen LogP contribution in [0.4, 0.5) is 0 Å². The average Bonchev–Trinajstić information content (AvgIpc) is 3.22. The number of piperidine rings is 1. The van der Waals surface area contributed by atoms with Crippen molar-refractivity contribution in [3.8, 4) is 5.88 Å². The minimum Gasteiger partial charge on any atom is -0.492 e. The fraction of sp³-hybridized carbons (Fsp3) is 0.524. The Balaban J connectivity index is 1.79. The molecule has 0 aliphatic carbocycles. The maximum atomic E-state index is 11.0. The summed E-state index contributed by atoms with van der Waals surface area (Å²) in [5.74, 6) is 1.69. The van der Waals surface area contributed by atoms with Crippen molar-refractivity contribution in [2.75, 3.05) is 13.1 Å². The predicted octanol–water partition coefficient (Wildman–Crippen LogP) is 4.44. The maximum absolute atomic E-state index is 11.0. The van der Waals surface area contributed by atoms with Gasteiger partial charge < -0.3 is 5.11 Å². The van der Waals surface area contributed by atoms with Gasteiger partial charge in [0.25, 0.3) is 0 Å². The van der Waals surface area contributed by atoms with Gasteiger partial charge in [-0.25, -0.2) is 4.98 Å². The Bertz CT molecular complexity index is 914. The van der Waals surface area contributed by atoms with Crippen molar-refractivity contribution in [1.29, 1.82) is 0 Å². The summed E-state index contributed by atoms with van der Waals surface area (Å²) in [6.07, 6.45) is 4.29. The Hall–Kier alpha value is -1.92. The standard InChI is InChI=1S/C21H28N4OS/c1-4-15-8-10-16(11-9-15)18(24-12-6-7-14(3)13-24)19-20(26)25-21(27-19)22-17(5-2)23-25/h8-11,14,18,26H,4-7,12-13H2,1-3H3/t14-,18-/m1/s1. The van der Waals surface area contributed by atoms with E-state index >= 15 is 0 Å². The Labute approximate surface area is 164 Å². The normalized spacial score (nSPS) is 19.6. The monoisotopic (exact) mass is 384 g/mol. The van der Waals surface area contributed by atoms with Crippen molar-refractivity contribution < 1.29 is 5.11 Å². The second-order valence-corrected chi connectivity index (χ2v) is 8.61. The number of aromatic nitrogens is 3. The summed E-state index contributed by atoms with van der Waals surface area (Å²) in [7, 11) is 0. The van der Waals surface area contributed by atoms with Gasteiger partial charge in [-0.05, 0) is 42.9 Å². The lowest BCUT2D eigenvalue weighted by atomic mass is 9.95. The molecule has 1 aromatic carbocycles. The van der Waals surface area contributed by atoms with Crippen molar-refractivity contribution in [2.45, 2.75) is 52.5 Å². The van der Waals surface area contributed by atoms with Crippen LogP contribution < -0.4 is 0 Å². The molecule has 0 radical (unpaired) electrons. The first kappa shape index (κ1) is 18.4. The number of thiazole rings is 1. The van der Waals surface area contributed by atoms with Crippen LogP contribution in [0.5, 0.6) is 5.88 Å². The highest BCUT2D eigenvalue weighted by Gasteiger charge is 2.31. The topological polar surface area (TPSA) is 53.7 Å². The first-order valence-corrected chi connectivity index (χ1v) is 10.8.